The maximum absolute atomic E-state index is 12.6. The lowest BCUT2D eigenvalue weighted by atomic mass is 10.1. The van der Waals surface area contributed by atoms with E-state index in [9.17, 15) is 14.7 Å². The summed E-state index contributed by atoms with van der Waals surface area (Å²) in [6.45, 7) is 1.72. The predicted octanol–water partition coefficient (Wildman–Crippen LogP) is 1.53. The Kier molecular flexibility index (Phi) is 3.61. The first-order valence-electron chi connectivity index (χ1n) is 7.93. The van der Waals surface area contributed by atoms with E-state index in [2.05, 4.69) is 20.2 Å². The Morgan fingerprint density at radius 2 is 2.19 bits per heavy atom. The van der Waals surface area contributed by atoms with Crippen LogP contribution in [0.25, 0.3) is 22.6 Å². The van der Waals surface area contributed by atoms with Crippen LogP contribution in [0, 0.1) is 0 Å². The molecule has 2 N–H and O–H groups in total. The van der Waals surface area contributed by atoms with Crippen molar-refractivity contribution in [1.29, 1.82) is 0 Å². The Bertz CT molecular complexity index is 1170. The van der Waals surface area contributed by atoms with Crippen molar-refractivity contribution in [3.05, 3.63) is 64.6 Å². The summed E-state index contributed by atoms with van der Waals surface area (Å²) in [5.41, 5.74) is 1.02. The molecule has 0 spiro atoms. The van der Waals surface area contributed by atoms with Gasteiger partial charge in [0.15, 0.2) is 17.2 Å². The third kappa shape index (κ3) is 2.37. The maximum Gasteiger partial charge on any atom is 0.355 e. The second-order valence-corrected chi connectivity index (χ2v) is 5.61. The molecule has 0 fully saturated rings. The smallest absolute Gasteiger partial charge is 0.355 e. The van der Waals surface area contributed by atoms with E-state index in [0.29, 0.717) is 16.9 Å². The number of aromatic amines is 1. The third-order valence-corrected chi connectivity index (χ3v) is 4.09. The molecule has 130 valence electrons. The molecular weight excluding hydrogens is 336 g/mol. The van der Waals surface area contributed by atoms with Crippen molar-refractivity contribution in [2.45, 2.75) is 13.3 Å². The van der Waals surface area contributed by atoms with Gasteiger partial charge in [0.25, 0.3) is 5.56 Å². The van der Waals surface area contributed by atoms with E-state index in [1.165, 1.54) is 4.52 Å². The summed E-state index contributed by atoms with van der Waals surface area (Å²) in [5, 5.41) is 16.5. The van der Waals surface area contributed by atoms with Gasteiger partial charge in [-0.25, -0.2) is 24.0 Å². The second kappa shape index (κ2) is 5.96. The van der Waals surface area contributed by atoms with Gasteiger partial charge in [0.1, 0.15) is 0 Å². The van der Waals surface area contributed by atoms with Gasteiger partial charge in [-0.15, -0.1) is 0 Å². The van der Waals surface area contributed by atoms with Crippen molar-refractivity contribution in [3.8, 4) is 16.9 Å². The van der Waals surface area contributed by atoms with E-state index in [-0.39, 0.29) is 23.3 Å². The van der Waals surface area contributed by atoms with Crippen LogP contribution in [0.1, 0.15) is 23.0 Å². The second-order valence-electron chi connectivity index (χ2n) is 5.61. The zero-order chi connectivity index (χ0) is 18.3. The largest absolute Gasteiger partial charge is 0.476 e. The van der Waals surface area contributed by atoms with Crippen molar-refractivity contribution in [2.75, 3.05) is 0 Å². The quantitative estimate of drug-likeness (QED) is 0.576. The number of pyridine rings is 1. The molecule has 0 amide bonds. The molecule has 4 aromatic rings. The molecule has 4 heterocycles. The van der Waals surface area contributed by atoms with Crippen molar-refractivity contribution in [2.24, 2.45) is 0 Å². The molecule has 0 aliphatic heterocycles. The zero-order valence-corrected chi connectivity index (χ0v) is 13.7. The topological polar surface area (TPSA) is 118 Å². The van der Waals surface area contributed by atoms with Crippen molar-refractivity contribution in [1.82, 2.24) is 29.4 Å². The first kappa shape index (κ1) is 15.8. The van der Waals surface area contributed by atoms with Gasteiger partial charge in [-0.3, -0.25) is 9.89 Å². The van der Waals surface area contributed by atoms with E-state index in [1.54, 1.807) is 36.4 Å². The summed E-state index contributed by atoms with van der Waals surface area (Å²) < 4.78 is 2.84. The summed E-state index contributed by atoms with van der Waals surface area (Å²) in [5.74, 6) is -0.582. The molecule has 0 aliphatic carbocycles. The predicted molar refractivity (Wildman–Crippen MR) is 92.5 cm³/mol. The minimum absolute atomic E-state index is 0.160. The molecule has 0 unspecified atom stereocenters. The highest BCUT2D eigenvalue weighted by Gasteiger charge is 2.20. The number of hydrogen-bond acceptors (Lipinski definition) is 5. The number of fused-ring (bicyclic) bond motifs is 1. The molecule has 26 heavy (non-hydrogen) atoms. The Hall–Kier alpha value is -3.75. The number of nitrogens with one attached hydrogen (secondary N) is 1. The monoisotopic (exact) mass is 350 g/mol. The molecule has 0 bridgehead atoms. The fraction of sp³-hybridized carbons (Fsp3) is 0.118. The average molecular weight is 350 g/mol. The van der Waals surface area contributed by atoms with Gasteiger partial charge >= 0.3 is 5.97 Å². The van der Waals surface area contributed by atoms with Crippen LogP contribution >= 0.6 is 0 Å². The summed E-state index contributed by atoms with van der Waals surface area (Å²) in [4.78, 5) is 32.5. The van der Waals surface area contributed by atoms with Gasteiger partial charge in [-0.2, -0.15) is 5.10 Å². The SMILES string of the molecule is CCc1c(C(=O)O)nc2c(-c3cnn(-c4ccccn4)c3)c[nH]n2c1=O. The van der Waals surface area contributed by atoms with Gasteiger partial charge in [0.2, 0.25) is 0 Å². The van der Waals surface area contributed by atoms with Crippen molar-refractivity contribution in [3.63, 3.8) is 0 Å². The van der Waals surface area contributed by atoms with Crippen LogP contribution < -0.4 is 5.56 Å². The fourth-order valence-electron chi connectivity index (χ4n) is 2.83. The molecule has 0 atom stereocenters. The fourth-order valence-corrected chi connectivity index (χ4v) is 2.83. The van der Waals surface area contributed by atoms with Gasteiger partial charge in [0, 0.05) is 29.7 Å². The van der Waals surface area contributed by atoms with Crippen LogP contribution in [-0.2, 0) is 6.42 Å². The number of nitrogens with zero attached hydrogens (tertiary/aromatic N) is 5. The lowest BCUT2D eigenvalue weighted by Crippen LogP contribution is -2.24. The first-order valence-corrected chi connectivity index (χ1v) is 7.93. The van der Waals surface area contributed by atoms with Gasteiger partial charge in [-0.1, -0.05) is 13.0 Å². The van der Waals surface area contributed by atoms with E-state index >= 15 is 0 Å². The first-order chi connectivity index (χ1) is 12.6. The number of rotatable bonds is 4. The maximum atomic E-state index is 12.6. The Morgan fingerprint density at radius 3 is 2.88 bits per heavy atom. The highest BCUT2D eigenvalue weighted by molar-refractivity contribution is 5.89. The summed E-state index contributed by atoms with van der Waals surface area (Å²) in [6.07, 6.45) is 6.90. The molecule has 4 rings (SSSR count). The molecular formula is C17H14N6O3. The van der Waals surface area contributed by atoms with Gasteiger partial charge < -0.3 is 5.11 Å². The number of carboxylic acids is 1. The summed E-state index contributed by atoms with van der Waals surface area (Å²) in [7, 11) is 0. The highest BCUT2D eigenvalue weighted by Crippen LogP contribution is 2.23. The zero-order valence-electron chi connectivity index (χ0n) is 13.7. The molecule has 9 nitrogen and oxygen atoms in total. The molecule has 0 aromatic carbocycles. The molecule has 0 radical (unpaired) electrons. The normalized spacial score (nSPS) is 11.1. The molecule has 4 aromatic heterocycles. The van der Waals surface area contributed by atoms with Gasteiger partial charge in [0.05, 0.1) is 11.8 Å². The standard InChI is InChI=1S/C17H14N6O3/c1-2-11-14(17(25)26)21-15-12(8-20-23(15)16(11)24)10-7-19-22(9-10)13-5-3-4-6-18-13/h3-9,20H,2H2,1H3,(H,25,26). The van der Waals surface area contributed by atoms with E-state index in [4.69, 9.17) is 0 Å². The van der Waals surface area contributed by atoms with Crippen LogP contribution in [0.3, 0.4) is 0 Å². The van der Waals surface area contributed by atoms with Crippen LogP contribution in [0.15, 0.2) is 47.8 Å². The Morgan fingerprint density at radius 1 is 1.35 bits per heavy atom. The van der Waals surface area contributed by atoms with Crippen LogP contribution in [0.5, 0.6) is 0 Å². The molecule has 9 heteroatoms. The van der Waals surface area contributed by atoms with E-state index in [1.807, 2.05) is 18.2 Å². The number of carboxylic acid groups (broad SMARTS) is 1. The van der Waals surface area contributed by atoms with Crippen LogP contribution in [0.2, 0.25) is 0 Å². The lowest BCUT2D eigenvalue weighted by molar-refractivity contribution is 0.0689. The minimum atomic E-state index is -1.22. The van der Waals surface area contributed by atoms with E-state index < -0.39 is 11.5 Å². The van der Waals surface area contributed by atoms with Gasteiger partial charge in [-0.05, 0) is 18.6 Å². The van der Waals surface area contributed by atoms with E-state index in [0.717, 1.165) is 0 Å². The average Bonchev–Trinajstić information content (AvgIpc) is 3.29. The molecule has 0 aliphatic rings. The summed E-state index contributed by atoms with van der Waals surface area (Å²) >= 11 is 0. The van der Waals surface area contributed by atoms with Crippen molar-refractivity contribution >= 4 is 11.6 Å². The number of hydrogen-bond donors (Lipinski definition) is 2. The number of H-pyrrole nitrogens is 1. The Balaban J connectivity index is 1.90. The van der Waals surface area contributed by atoms with Crippen LogP contribution in [-0.4, -0.2) is 40.4 Å². The lowest BCUT2D eigenvalue weighted by Gasteiger charge is -2.03. The van der Waals surface area contributed by atoms with Crippen LogP contribution in [0.4, 0.5) is 0 Å². The molecule has 0 saturated heterocycles. The highest BCUT2D eigenvalue weighted by atomic mass is 16.4. The minimum Gasteiger partial charge on any atom is -0.476 e. The Labute approximate surface area is 146 Å². The number of carbonyl (C=O) groups is 1. The number of aromatic nitrogens is 6. The third-order valence-electron chi connectivity index (χ3n) is 4.09. The molecule has 0 saturated carbocycles. The number of aromatic carboxylic acids is 1. The van der Waals surface area contributed by atoms with Crippen molar-refractivity contribution < 1.29 is 9.90 Å². The summed E-state index contributed by atoms with van der Waals surface area (Å²) in [6, 6.07) is 5.47.